The number of likely N-dealkylation sites (N-methyl/N-ethyl adjacent to an activating group) is 1. The van der Waals surface area contributed by atoms with E-state index in [2.05, 4.69) is 60.4 Å². The first-order valence-electron chi connectivity index (χ1n) is 13.9. The Morgan fingerprint density at radius 1 is 1.03 bits per heavy atom. The molecule has 0 aromatic carbocycles. The van der Waals surface area contributed by atoms with Crippen LogP contribution in [-0.2, 0) is 6.54 Å². The largest absolute Gasteiger partial charge is 0.393 e. The predicted molar refractivity (Wildman–Crippen MR) is 147 cm³/mol. The van der Waals surface area contributed by atoms with Crippen molar-refractivity contribution in [1.29, 1.82) is 0 Å². The van der Waals surface area contributed by atoms with Gasteiger partial charge in [-0.2, -0.15) is 4.98 Å². The van der Waals surface area contributed by atoms with Crippen LogP contribution in [0.5, 0.6) is 0 Å². The Kier molecular flexibility index (Phi) is 9.51. The number of nitrogens with zero attached hydrogens (tertiary/aromatic N) is 5. The number of piperazine rings is 1. The molecule has 8 nitrogen and oxygen atoms in total. The van der Waals surface area contributed by atoms with Crippen molar-refractivity contribution in [3.63, 3.8) is 0 Å². The molecular weight excluding hydrogens is 450 g/mol. The van der Waals surface area contributed by atoms with Crippen LogP contribution >= 0.6 is 0 Å². The van der Waals surface area contributed by atoms with Crippen molar-refractivity contribution in [2.75, 3.05) is 43.9 Å². The summed E-state index contributed by atoms with van der Waals surface area (Å²) in [6, 6.07) is 4.92. The Balaban J connectivity index is 1.52. The van der Waals surface area contributed by atoms with Crippen LogP contribution < -0.4 is 10.6 Å². The first-order valence-corrected chi connectivity index (χ1v) is 13.9. The lowest BCUT2D eigenvalue weighted by Gasteiger charge is -2.32. The normalized spacial score (nSPS) is 22.5. The van der Waals surface area contributed by atoms with Crippen molar-refractivity contribution in [3.05, 3.63) is 30.1 Å². The molecule has 0 bridgehead atoms. The van der Waals surface area contributed by atoms with E-state index in [9.17, 15) is 5.11 Å². The summed E-state index contributed by atoms with van der Waals surface area (Å²) in [5.74, 6) is 1.99. The molecule has 3 heterocycles. The smallest absolute Gasteiger partial charge is 0.224 e. The second-order valence-corrected chi connectivity index (χ2v) is 11.0. The topological polar surface area (TPSA) is 89.4 Å². The molecule has 1 aliphatic heterocycles. The van der Waals surface area contributed by atoms with Gasteiger partial charge in [0.2, 0.25) is 5.95 Å². The van der Waals surface area contributed by atoms with Gasteiger partial charge in [0, 0.05) is 57.2 Å². The van der Waals surface area contributed by atoms with Crippen LogP contribution in [0.4, 0.5) is 11.8 Å². The highest BCUT2D eigenvalue weighted by molar-refractivity contribution is 5.73. The molecular formula is C28H45N7O. The Morgan fingerprint density at radius 3 is 2.42 bits per heavy atom. The molecule has 1 unspecified atom stereocenters. The number of hydrogen-bond donors (Lipinski definition) is 3. The van der Waals surface area contributed by atoms with Crippen LogP contribution in [0.15, 0.2) is 24.5 Å². The molecule has 1 saturated carbocycles. The highest BCUT2D eigenvalue weighted by Gasteiger charge is 2.22. The van der Waals surface area contributed by atoms with Crippen LogP contribution in [0, 0.1) is 5.92 Å². The summed E-state index contributed by atoms with van der Waals surface area (Å²) in [5, 5.41) is 17.2. The number of aliphatic hydroxyl groups excluding tert-OH is 1. The second kappa shape index (κ2) is 12.8. The molecule has 4 rings (SSSR count). The summed E-state index contributed by atoms with van der Waals surface area (Å²) in [5.41, 5.74) is 3.04. The van der Waals surface area contributed by atoms with E-state index in [-0.39, 0.29) is 6.10 Å². The monoisotopic (exact) mass is 495 g/mol. The molecule has 2 aromatic rings. The molecule has 198 valence electrons. The van der Waals surface area contributed by atoms with Gasteiger partial charge in [0.15, 0.2) is 0 Å². The van der Waals surface area contributed by atoms with E-state index in [0.29, 0.717) is 23.9 Å². The third kappa shape index (κ3) is 7.37. The number of hydrogen-bond acceptors (Lipinski definition) is 8. The van der Waals surface area contributed by atoms with Crippen LogP contribution in [0.2, 0.25) is 0 Å². The average molecular weight is 496 g/mol. The van der Waals surface area contributed by atoms with Gasteiger partial charge in [0.05, 0.1) is 17.4 Å². The Hall–Kier alpha value is -2.29. The molecule has 2 aliphatic rings. The Bertz CT molecular complexity index is 935. The summed E-state index contributed by atoms with van der Waals surface area (Å²) < 4.78 is 0. The van der Waals surface area contributed by atoms with Crippen molar-refractivity contribution in [1.82, 2.24) is 24.8 Å². The zero-order valence-electron chi connectivity index (χ0n) is 22.6. The average Bonchev–Trinajstić information content (AvgIpc) is 2.87. The number of rotatable bonds is 10. The SMILES string of the molecule is CCCC(Nc1ncc(-c2ccc(CN3CCN(C)CC3)cn2)c(NC2CCC(O)CC2)n1)C(C)C. The molecule has 3 N–H and O–H groups in total. The predicted octanol–water partition coefficient (Wildman–Crippen LogP) is 4.24. The van der Waals surface area contributed by atoms with E-state index in [0.717, 1.165) is 88.3 Å². The minimum absolute atomic E-state index is 0.180. The number of nitrogens with one attached hydrogen (secondary N) is 2. The van der Waals surface area contributed by atoms with Crippen molar-refractivity contribution in [2.24, 2.45) is 5.92 Å². The molecule has 1 aliphatic carbocycles. The molecule has 8 heteroatoms. The zero-order chi connectivity index (χ0) is 25.5. The quantitative estimate of drug-likeness (QED) is 0.451. The molecule has 0 spiro atoms. The summed E-state index contributed by atoms with van der Waals surface area (Å²) >= 11 is 0. The molecule has 0 amide bonds. The van der Waals surface area contributed by atoms with Gasteiger partial charge in [-0.05, 0) is 56.7 Å². The third-order valence-electron chi connectivity index (χ3n) is 7.65. The molecule has 2 fully saturated rings. The molecule has 2 aromatic heterocycles. The zero-order valence-corrected chi connectivity index (χ0v) is 22.6. The van der Waals surface area contributed by atoms with Gasteiger partial charge in [0.25, 0.3) is 0 Å². The summed E-state index contributed by atoms with van der Waals surface area (Å²) in [4.78, 5) is 19.3. The molecule has 0 radical (unpaired) electrons. The Labute approximate surface area is 216 Å². The van der Waals surface area contributed by atoms with E-state index in [4.69, 9.17) is 15.0 Å². The maximum atomic E-state index is 9.95. The lowest BCUT2D eigenvalue weighted by Crippen LogP contribution is -2.43. The van der Waals surface area contributed by atoms with Crippen molar-refractivity contribution in [2.45, 2.75) is 84.0 Å². The van der Waals surface area contributed by atoms with E-state index in [1.165, 1.54) is 5.56 Å². The van der Waals surface area contributed by atoms with Crippen LogP contribution in [0.1, 0.15) is 64.9 Å². The van der Waals surface area contributed by atoms with E-state index < -0.39 is 0 Å². The summed E-state index contributed by atoms with van der Waals surface area (Å²) in [6.45, 7) is 12.1. The van der Waals surface area contributed by atoms with Crippen LogP contribution in [0.3, 0.4) is 0 Å². The van der Waals surface area contributed by atoms with Crippen molar-refractivity contribution in [3.8, 4) is 11.3 Å². The van der Waals surface area contributed by atoms with Gasteiger partial charge < -0.3 is 20.6 Å². The lowest BCUT2D eigenvalue weighted by atomic mass is 9.93. The van der Waals surface area contributed by atoms with E-state index in [1.54, 1.807) is 0 Å². The fourth-order valence-electron chi connectivity index (χ4n) is 5.15. The standard InChI is InChI=1S/C28H45N7O/c1-5-6-25(20(2)3)32-28-30-18-24(27(33-28)31-22-8-10-23(36)11-9-22)26-12-7-21(17-29-26)19-35-15-13-34(4)14-16-35/h7,12,17-18,20,22-23,25,36H,5-6,8-11,13-16,19H2,1-4H3,(H2,30,31,32,33). The van der Waals surface area contributed by atoms with E-state index in [1.807, 2.05) is 12.4 Å². The summed E-state index contributed by atoms with van der Waals surface area (Å²) in [7, 11) is 2.18. The minimum atomic E-state index is -0.180. The highest BCUT2D eigenvalue weighted by atomic mass is 16.3. The summed E-state index contributed by atoms with van der Waals surface area (Å²) in [6.07, 6.45) is 9.46. The molecule has 1 saturated heterocycles. The Morgan fingerprint density at radius 2 is 1.78 bits per heavy atom. The van der Waals surface area contributed by atoms with Gasteiger partial charge in [-0.1, -0.05) is 33.3 Å². The number of anilines is 2. The number of aromatic nitrogens is 3. The van der Waals surface area contributed by atoms with Crippen LogP contribution in [-0.4, -0.2) is 81.3 Å². The fraction of sp³-hybridized carbons (Fsp3) is 0.679. The minimum Gasteiger partial charge on any atom is -0.393 e. The van der Waals surface area contributed by atoms with Gasteiger partial charge >= 0.3 is 0 Å². The maximum Gasteiger partial charge on any atom is 0.224 e. The van der Waals surface area contributed by atoms with Crippen LogP contribution in [0.25, 0.3) is 11.3 Å². The van der Waals surface area contributed by atoms with Gasteiger partial charge in [-0.15, -0.1) is 0 Å². The second-order valence-electron chi connectivity index (χ2n) is 11.0. The maximum absolute atomic E-state index is 9.95. The van der Waals surface area contributed by atoms with Crippen molar-refractivity contribution < 1.29 is 5.11 Å². The van der Waals surface area contributed by atoms with E-state index >= 15 is 0 Å². The number of aliphatic hydroxyl groups is 1. The molecule has 36 heavy (non-hydrogen) atoms. The van der Waals surface area contributed by atoms with Crippen molar-refractivity contribution >= 4 is 11.8 Å². The van der Waals surface area contributed by atoms with Gasteiger partial charge in [-0.25, -0.2) is 4.98 Å². The number of pyridine rings is 1. The van der Waals surface area contributed by atoms with Gasteiger partial charge in [0.1, 0.15) is 5.82 Å². The lowest BCUT2D eigenvalue weighted by molar-refractivity contribution is 0.126. The highest BCUT2D eigenvalue weighted by Crippen LogP contribution is 2.29. The molecule has 1 atom stereocenters. The first-order chi connectivity index (χ1) is 17.4. The first kappa shape index (κ1) is 26.8. The van der Waals surface area contributed by atoms with Gasteiger partial charge in [-0.3, -0.25) is 9.88 Å². The fourth-order valence-corrected chi connectivity index (χ4v) is 5.15. The third-order valence-corrected chi connectivity index (χ3v) is 7.65.